The maximum Gasteiger partial charge on any atom is 0.282 e. The molecule has 1 aromatic heterocycles. The zero-order valence-electron chi connectivity index (χ0n) is 17.2. The zero-order valence-corrected chi connectivity index (χ0v) is 18.7. The van der Waals surface area contributed by atoms with E-state index < -0.39 is 0 Å². The Morgan fingerprint density at radius 2 is 2.00 bits per heavy atom. The molecule has 1 aliphatic rings. The Balaban J connectivity index is 1.76. The molecule has 0 radical (unpaired) electrons. The molecule has 0 saturated carbocycles. The summed E-state index contributed by atoms with van der Waals surface area (Å²) in [4.78, 5) is 19.8. The minimum Gasteiger partial charge on any atom is -0.369 e. The van der Waals surface area contributed by atoms with E-state index >= 15 is 0 Å². The minimum atomic E-state index is -0.259. The fourth-order valence-corrected chi connectivity index (χ4v) is 4.20. The molecule has 2 aromatic carbocycles. The Morgan fingerprint density at radius 3 is 2.73 bits per heavy atom. The number of nitrogens with zero attached hydrogens (tertiary/aromatic N) is 4. The molecule has 0 bridgehead atoms. The van der Waals surface area contributed by atoms with Crippen molar-refractivity contribution >= 4 is 38.7 Å². The molecule has 0 atom stereocenters. The molecule has 7 heteroatoms. The Labute approximate surface area is 183 Å². The van der Waals surface area contributed by atoms with E-state index in [0.29, 0.717) is 34.4 Å². The Bertz CT molecular complexity index is 1180. The molecule has 30 heavy (non-hydrogen) atoms. The molecule has 1 saturated heterocycles. The van der Waals surface area contributed by atoms with E-state index in [0.717, 1.165) is 42.4 Å². The predicted molar refractivity (Wildman–Crippen MR) is 123 cm³/mol. The Morgan fingerprint density at radius 1 is 1.23 bits per heavy atom. The second-order valence-corrected chi connectivity index (χ2v) is 8.57. The van der Waals surface area contributed by atoms with Gasteiger partial charge in [-0.1, -0.05) is 22.9 Å². The third-order valence-electron chi connectivity index (χ3n) is 5.44. The summed E-state index contributed by atoms with van der Waals surface area (Å²) in [5.74, 6) is 0.339. The van der Waals surface area contributed by atoms with E-state index in [1.165, 1.54) is 10.7 Å². The molecule has 0 amide bonds. The van der Waals surface area contributed by atoms with Crippen LogP contribution in [-0.4, -0.2) is 29.0 Å². The molecule has 5 nitrogen and oxygen atoms in total. The van der Waals surface area contributed by atoms with Gasteiger partial charge < -0.3 is 4.90 Å². The van der Waals surface area contributed by atoms with Gasteiger partial charge in [0, 0.05) is 29.5 Å². The average Bonchev–Trinajstić information content (AvgIpc) is 3.25. The first kappa shape index (κ1) is 20.7. The van der Waals surface area contributed by atoms with Crippen molar-refractivity contribution in [2.24, 2.45) is 5.10 Å². The SMILES string of the molecule is CCCc1nc2ccc(Br)cc2c(=O)n1N=Cc1cc(F)c(N2CCCC2)cc1C. The summed E-state index contributed by atoms with van der Waals surface area (Å²) in [5.41, 5.74) is 2.63. The van der Waals surface area contributed by atoms with Gasteiger partial charge in [0.05, 0.1) is 22.8 Å². The van der Waals surface area contributed by atoms with E-state index in [2.05, 4.69) is 30.9 Å². The third kappa shape index (κ3) is 4.03. The van der Waals surface area contributed by atoms with Crippen LogP contribution in [0.25, 0.3) is 10.9 Å². The maximum absolute atomic E-state index is 14.8. The second-order valence-electron chi connectivity index (χ2n) is 7.66. The lowest BCUT2D eigenvalue weighted by atomic mass is 10.1. The number of aromatic nitrogens is 2. The maximum atomic E-state index is 14.8. The van der Waals surface area contributed by atoms with Crippen molar-refractivity contribution in [3.05, 3.63) is 67.9 Å². The van der Waals surface area contributed by atoms with Crippen LogP contribution in [0.1, 0.15) is 43.1 Å². The molecule has 0 unspecified atom stereocenters. The summed E-state index contributed by atoms with van der Waals surface area (Å²) in [7, 11) is 0. The van der Waals surface area contributed by atoms with Crippen LogP contribution in [0.2, 0.25) is 0 Å². The number of halogens is 2. The molecule has 0 aliphatic carbocycles. The lowest BCUT2D eigenvalue weighted by Crippen LogP contribution is -2.22. The smallest absolute Gasteiger partial charge is 0.282 e. The lowest BCUT2D eigenvalue weighted by Gasteiger charge is -2.19. The van der Waals surface area contributed by atoms with Crippen molar-refractivity contribution in [3.8, 4) is 0 Å². The zero-order chi connectivity index (χ0) is 21.3. The molecule has 2 heterocycles. The van der Waals surface area contributed by atoms with E-state index in [-0.39, 0.29) is 11.4 Å². The molecule has 0 N–H and O–H groups in total. The predicted octanol–water partition coefficient (Wildman–Crippen LogP) is 5.04. The number of benzene rings is 2. The van der Waals surface area contributed by atoms with Gasteiger partial charge in [0.15, 0.2) is 0 Å². The van der Waals surface area contributed by atoms with Crippen molar-refractivity contribution < 1.29 is 4.39 Å². The van der Waals surface area contributed by atoms with Gasteiger partial charge in [-0.15, -0.1) is 0 Å². The van der Waals surface area contributed by atoms with Crippen molar-refractivity contribution in [3.63, 3.8) is 0 Å². The minimum absolute atomic E-state index is 0.229. The van der Waals surface area contributed by atoms with E-state index in [1.807, 2.05) is 32.0 Å². The summed E-state index contributed by atoms with van der Waals surface area (Å²) in [6.45, 7) is 5.74. The van der Waals surface area contributed by atoms with Crippen LogP contribution in [0, 0.1) is 12.7 Å². The van der Waals surface area contributed by atoms with Crippen molar-refractivity contribution in [1.82, 2.24) is 9.66 Å². The van der Waals surface area contributed by atoms with Crippen LogP contribution >= 0.6 is 15.9 Å². The number of hydrogen-bond donors (Lipinski definition) is 0. The second kappa shape index (κ2) is 8.68. The summed E-state index contributed by atoms with van der Waals surface area (Å²) in [5, 5.41) is 4.92. The largest absolute Gasteiger partial charge is 0.369 e. The number of aryl methyl sites for hydroxylation is 2. The first-order chi connectivity index (χ1) is 14.5. The number of hydrogen-bond acceptors (Lipinski definition) is 4. The summed E-state index contributed by atoms with van der Waals surface area (Å²) < 4.78 is 16.9. The fraction of sp³-hybridized carbons (Fsp3) is 0.348. The highest BCUT2D eigenvalue weighted by atomic mass is 79.9. The lowest BCUT2D eigenvalue weighted by molar-refractivity contribution is 0.622. The van der Waals surface area contributed by atoms with Gasteiger partial charge >= 0.3 is 0 Å². The van der Waals surface area contributed by atoms with Gasteiger partial charge in [0.1, 0.15) is 11.6 Å². The molecule has 1 fully saturated rings. The highest BCUT2D eigenvalue weighted by Gasteiger charge is 2.17. The summed E-state index contributed by atoms with van der Waals surface area (Å²) in [6, 6.07) is 8.81. The molecule has 4 rings (SSSR count). The van der Waals surface area contributed by atoms with Gasteiger partial charge in [-0.05, 0) is 62.1 Å². The van der Waals surface area contributed by atoms with E-state index in [9.17, 15) is 9.18 Å². The van der Waals surface area contributed by atoms with Gasteiger partial charge in [0.25, 0.3) is 5.56 Å². The summed E-state index contributed by atoms with van der Waals surface area (Å²) in [6.07, 6.45) is 5.20. The molecule has 1 aliphatic heterocycles. The highest BCUT2D eigenvalue weighted by Crippen LogP contribution is 2.26. The highest BCUT2D eigenvalue weighted by molar-refractivity contribution is 9.10. The van der Waals surface area contributed by atoms with Crippen molar-refractivity contribution in [2.75, 3.05) is 18.0 Å². The number of rotatable bonds is 5. The van der Waals surface area contributed by atoms with Crippen LogP contribution in [0.4, 0.5) is 10.1 Å². The first-order valence-corrected chi connectivity index (χ1v) is 11.1. The third-order valence-corrected chi connectivity index (χ3v) is 5.94. The van der Waals surface area contributed by atoms with Crippen LogP contribution in [-0.2, 0) is 6.42 Å². The average molecular weight is 471 g/mol. The van der Waals surface area contributed by atoms with Gasteiger partial charge in [-0.3, -0.25) is 4.79 Å². The monoisotopic (exact) mass is 470 g/mol. The van der Waals surface area contributed by atoms with Gasteiger partial charge in [-0.2, -0.15) is 9.78 Å². The Kier molecular flexibility index (Phi) is 5.99. The van der Waals surface area contributed by atoms with Crippen LogP contribution in [0.5, 0.6) is 0 Å². The van der Waals surface area contributed by atoms with Crippen LogP contribution in [0.15, 0.2) is 44.7 Å². The van der Waals surface area contributed by atoms with Crippen LogP contribution in [0.3, 0.4) is 0 Å². The molecule has 3 aromatic rings. The molecule has 156 valence electrons. The molecule has 0 spiro atoms. The quantitative estimate of drug-likeness (QED) is 0.490. The Hall–Kier alpha value is -2.54. The van der Waals surface area contributed by atoms with Crippen LogP contribution < -0.4 is 10.5 Å². The van der Waals surface area contributed by atoms with Gasteiger partial charge in [-0.25, -0.2) is 9.37 Å². The number of anilines is 1. The topological polar surface area (TPSA) is 50.5 Å². The van der Waals surface area contributed by atoms with Crippen molar-refractivity contribution in [2.45, 2.75) is 39.5 Å². The van der Waals surface area contributed by atoms with Gasteiger partial charge in [0.2, 0.25) is 0 Å². The summed E-state index contributed by atoms with van der Waals surface area (Å²) >= 11 is 3.41. The van der Waals surface area contributed by atoms with Crippen molar-refractivity contribution in [1.29, 1.82) is 0 Å². The normalized spacial score (nSPS) is 14.3. The van der Waals surface area contributed by atoms with E-state index in [1.54, 1.807) is 12.3 Å². The number of fused-ring (bicyclic) bond motifs is 1. The first-order valence-electron chi connectivity index (χ1n) is 10.3. The van der Waals surface area contributed by atoms with E-state index in [4.69, 9.17) is 0 Å². The molecular formula is C23H24BrFN4O. The molecular weight excluding hydrogens is 447 g/mol. The standard InChI is InChI=1S/C23H24BrFN4O/c1-3-6-22-27-20-8-7-17(24)13-18(20)23(30)29(22)26-14-16-12-19(25)21(11-15(16)2)28-9-4-5-10-28/h7-8,11-14H,3-6,9-10H2,1-2H3. The fourth-order valence-electron chi connectivity index (χ4n) is 3.84.